The molecule has 10 heteroatoms. The summed E-state index contributed by atoms with van der Waals surface area (Å²) in [7, 11) is 0. The lowest BCUT2D eigenvalue weighted by Crippen LogP contribution is -2.18. The molecule has 146 valence electrons. The molecule has 3 heterocycles. The first-order valence-corrected chi connectivity index (χ1v) is 11.6. The van der Waals surface area contributed by atoms with Gasteiger partial charge in [0.2, 0.25) is 11.0 Å². The maximum Gasteiger partial charge on any atom is 0.236 e. The van der Waals surface area contributed by atoms with Crippen molar-refractivity contribution in [2.24, 2.45) is 0 Å². The predicted molar refractivity (Wildman–Crippen MR) is 114 cm³/mol. The van der Waals surface area contributed by atoms with Gasteiger partial charge in [-0.1, -0.05) is 53.4 Å². The Morgan fingerprint density at radius 2 is 2.14 bits per heavy atom. The lowest BCUT2D eigenvalue weighted by molar-refractivity contribution is -0.113. The van der Waals surface area contributed by atoms with Crippen molar-refractivity contribution in [2.75, 3.05) is 29.5 Å². The second-order valence-corrected chi connectivity index (χ2v) is 9.19. The van der Waals surface area contributed by atoms with E-state index in [-0.39, 0.29) is 17.8 Å². The number of nitrogens with one attached hydrogen (secondary N) is 2. The summed E-state index contributed by atoms with van der Waals surface area (Å²) in [4.78, 5) is 16.7. The normalized spacial score (nSPS) is 16.2. The third-order valence-electron chi connectivity index (χ3n) is 4.06. The molecule has 2 N–H and O–H groups in total. The van der Waals surface area contributed by atoms with Crippen LogP contribution in [0, 0.1) is 0 Å². The zero-order chi connectivity index (χ0) is 19.2. The maximum absolute atomic E-state index is 12.2. The Labute approximate surface area is 175 Å². The van der Waals surface area contributed by atoms with Crippen LogP contribution in [0.2, 0.25) is 0 Å². The van der Waals surface area contributed by atoms with Crippen LogP contribution in [0.3, 0.4) is 0 Å². The number of aromatic nitrogens is 3. The molecule has 1 amide bonds. The van der Waals surface area contributed by atoms with E-state index in [4.69, 9.17) is 4.74 Å². The number of carbonyl (C=O) groups is 1. The van der Waals surface area contributed by atoms with Crippen LogP contribution in [-0.2, 0) is 9.53 Å². The van der Waals surface area contributed by atoms with E-state index in [2.05, 4.69) is 25.8 Å². The number of thiazole rings is 1. The molecule has 7 nitrogen and oxygen atoms in total. The Morgan fingerprint density at radius 3 is 2.96 bits per heavy atom. The third-order valence-corrected chi connectivity index (χ3v) is 6.83. The highest BCUT2D eigenvalue weighted by molar-refractivity contribution is 8.01. The van der Waals surface area contributed by atoms with Crippen molar-refractivity contribution in [3.05, 3.63) is 35.7 Å². The molecule has 28 heavy (non-hydrogen) atoms. The fourth-order valence-corrected chi connectivity index (χ4v) is 5.00. The van der Waals surface area contributed by atoms with Gasteiger partial charge < -0.3 is 15.4 Å². The van der Waals surface area contributed by atoms with Gasteiger partial charge in [-0.05, 0) is 12.8 Å². The van der Waals surface area contributed by atoms with Crippen LogP contribution < -0.4 is 10.6 Å². The van der Waals surface area contributed by atoms with Crippen LogP contribution in [0.15, 0.2) is 40.1 Å². The largest absolute Gasteiger partial charge is 0.376 e. The number of benzene rings is 1. The summed E-state index contributed by atoms with van der Waals surface area (Å²) in [6.45, 7) is 1.58. The quantitative estimate of drug-likeness (QED) is 0.519. The van der Waals surface area contributed by atoms with Gasteiger partial charge in [0, 0.05) is 24.1 Å². The molecule has 1 atom stereocenters. The number of thioether (sulfide) groups is 1. The molecule has 4 rings (SSSR count). The third kappa shape index (κ3) is 5.28. The monoisotopic (exact) mass is 433 g/mol. The van der Waals surface area contributed by atoms with Crippen LogP contribution in [-0.4, -0.2) is 46.1 Å². The van der Waals surface area contributed by atoms with Crippen LogP contribution in [0.4, 0.5) is 10.3 Å². The second kappa shape index (κ2) is 9.46. The Hall–Kier alpha value is -2.01. The molecule has 0 aliphatic carbocycles. The number of hydrogen-bond acceptors (Lipinski definition) is 9. The average Bonchev–Trinajstić information content (AvgIpc) is 3.47. The number of nitrogens with zero attached hydrogens (tertiary/aromatic N) is 3. The molecule has 1 aromatic carbocycles. The van der Waals surface area contributed by atoms with E-state index in [1.807, 2.05) is 35.7 Å². The first-order chi connectivity index (χ1) is 13.8. The summed E-state index contributed by atoms with van der Waals surface area (Å²) >= 11 is 4.23. The van der Waals surface area contributed by atoms with Crippen molar-refractivity contribution in [3.63, 3.8) is 0 Å². The van der Waals surface area contributed by atoms with E-state index in [1.54, 1.807) is 0 Å². The number of anilines is 2. The Morgan fingerprint density at radius 1 is 1.25 bits per heavy atom. The molecular formula is C18H19N5O2S3. The highest BCUT2D eigenvalue weighted by Crippen LogP contribution is 2.27. The van der Waals surface area contributed by atoms with Crippen LogP contribution in [0.1, 0.15) is 12.8 Å². The van der Waals surface area contributed by atoms with Crippen LogP contribution in [0.5, 0.6) is 0 Å². The first-order valence-electron chi connectivity index (χ1n) is 8.89. The van der Waals surface area contributed by atoms with Gasteiger partial charge in [-0.3, -0.25) is 4.79 Å². The summed E-state index contributed by atoms with van der Waals surface area (Å²) in [5, 5.41) is 17.6. The van der Waals surface area contributed by atoms with Gasteiger partial charge >= 0.3 is 0 Å². The van der Waals surface area contributed by atoms with E-state index in [1.165, 1.54) is 34.4 Å². The fraction of sp³-hybridized carbons (Fsp3) is 0.333. The number of carbonyl (C=O) groups excluding carboxylic acids is 1. The average molecular weight is 434 g/mol. The minimum atomic E-state index is -0.108. The molecule has 3 aromatic rings. The zero-order valence-corrected chi connectivity index (χ0v) is 17.4. The molecular weight excluding hydrogens is 414 g/mol. The molecule has 2 aromatic heterocycles. The standard InChI is InChI=1S/C18H19N5O2S3/c24-15(21-17-20-14(10-26-17)12-5-2-1-3-6-12)11-27-18-23-22-16(28-18)19-9-13-7-4-8-25-13/h1-3,5-6,10,13H,4,7-9,11H2,(H,19,22)(H,20,21,24)/t13-/m1/s1. The van der Waals surface area contributed by atoms with Gasteiger partial charge in [-0.2, -0.15) is 0 Å². The summed E-state index contributed by atoms with van der Waals surface area (Å²) in [6.07, 6.45) is 2.45. The molecule has 0 spiro atoms. The van der Waals surface area contributed by atoms with Crippen molar-refractivity contribution < 1.29 is 9.53 Å². The molecule has 0 radical (unpaired) electrons. The van der Waals surface area contributed by atoms with E-state index in [0.717, 1.165) is 46.7 Å². The summed E-state index contributed by atoms with van der Waals surface area (Å²) in [6, 6.07) is 9.89. The lowest BCUT2D eigenvalue weighted by atomic mass is 10.2. The minimum absolute atomic E-state index is 0.108. The van der Waals surface area contributed by atoms with Crippen molar-refractivity contribution in [1.29, 1.82) is 0 Å². The fourth-order valence-electron chi connectivity index (χ4n) is 2.70. The highest BCUT2D eigenvalue weighted by Gasteiger charge is 2.16. The molecule has 0 saturated carbocycles. The van der Waals surface area contributed by atoms with Crippen molar-refractivity contribution in [2.45, 2.75) is 23.3 Å². The Bertz CT molecular complexity index is 909. The van der Waals surface area contributed by atoms with Gasteiger partial charge in [0.1, 0.15) is 0 Å². The van der Waals surface area contributed by atoms with Crippen LogP contribution >= 0.6 is 34.4 Å². The molecule has 1 fully saturated rings. The molecule has 0 unspecified atom stereocenters. The Kier molecular flexibility index (Phi) is 6.53. The zero-order valence-electron chi connectivity index (χ0n) is 15.0. The topological polar surface area (TPSA) is 89.0 Å². The minimum Gasteiger partial charge on any atom is -0.376 e. The molecule has 1 aliphatic heterocycles. The van der Waals surface area contributed by atoms with Gasteiger partial charge in [0.25, 0.3) is 0 Å². The molecule has 1 saturated heterocycles. The van der Waals surface area contributed by atoms with E-state index >= 15 is 0 Å². The van der Waals surface area contributed by atoms with E-state index in [0.29, 0.717) is 5.13 Å². The maximum atomic E-state index is 12.2. The summed E-state index contributed by atoms with van der Waals surface area (Å²) < 4.78 is 6.34. The molecule has 1 aliphatic rings. The molecule has 0 bridgehead atoms. The van der Waals surface area contributed by atoms with Gasteiger partial charge in [0.15, 0.2) is 9.47 Å². The van der Waals surface area contributed by atoms with Gasteiger partial charge in [0.05, 0.1) is 17.6 Å². The lowest BCUT2D eigenvalue weighted by Gasteiger charge is -2.08. The van der Waals surface area contributed by atoms with Gasteiger partial charge in [-0.25, -0.2) is 4.98 Å². The first kappa shape index (κ1) is 19.3. The number of hydrogen-bond donors (Lipinski definition) is 2. The van der Waals surface area contributed by atoms with Crippen molar-refractivity contribution in [3.8, 4) is 11.3 Å². The Balaban J connectivity index is 1.23. The SMILES string of the molecule is O=C(CSc1nnc(NC[C@H]2CCCO2)s1)Nc1nc(-c2ccccc2)cs1. The second-order valence-electron chi connectivity index (χ2n) is 6.13. The number of ether oxygens (including phenoxy) is 1. The summed E-state index contributed by atoms with van der Waals surface area (Å²) in [5.74, 6) is 0.156. The van der Waals surface area contributed by atoms with Crippen molar-refractivity contribution >= 4 is 50.6 Å². The van der Waals surface area contributed by atoms with Crippen molar-refractivity contribution in [1.82, 2.24) is 15.2 Å². The summed E-state index contributed by atoms with van der Waals surface area (Å²) in [5.41, 5.74) is 1.89. The van der Waals surface area contributed by atoms with E-state index in [9.17, 15) is 4.79 Å². The van der Waals surface area contributed by atoms with E-state index < -0.39 is 0 Å². The highest BCUT2D eigenvalue weighted by atomic mass is 32.2. The number of amides is 1. The predicted octanol–water partition coefficient (Wildman–Crippen LogP) is 3.98. The van der Waals surface area contributed by atoms with Crippen LogP contribution in [0.25, 0.3) is 11.3 Å². The number of rotatable bonds is 8. The van der Waals surface area contributed by atoms with Gasteiger partial charge in [-0.15, -0.1) is 21.5 Å². The smallest absolute Gasteiger partial charge is 0.236 e.